The second kappa shape index (κ2) is 6.86. The van der Waals surface area contributed by atoms with E-state index in [1.807, 2.05) is 0 Å². The third kappa shape index (κ3) is 3.82. The predicted octanol–water partition coefficient (Wildman–Crippen LogP) is 5.42. The number of halogens is 1. The molecule has 0 bridgehead atoms. The number of benzene rings is 1. The molecule has 3 rings (SSSR count). The number of rotatable bonds is 6. The summed E-state index contributed by atoms with van der Waals surface area (Å²) in [7, 11) is 0. The van der Waals surface area contributed by atoms with Gasteiger partial charge in [-0.05, 0) is 68.9 Å². The van der Waals surface area contributed by atoms with Crippen molar-refractivity contribution < 1.29 is 13.9 Å². The summed E-state index contributed by atoms with van der Waals surface area (Å²) in [4.78, 5) is 11.5. The number of hydrogen-bond acceptors (Lipinski definition) is 2. The SMILES string of the molecule is CCC1=CCC(COc2cc(F)c(C(C)=O)cc2C2CC2)CC1. The molecule has 2 aliphatic carbocycles. The van der Waals surface area contributed by atoms with E-state index in [0.29, 0.717) is 24.2 Å². The van der Waals surface area contributed by atoms with E-state index < -0.39 is 5.82 Å². The Morgan fingerprint density at radius 1 is 1.30 bits per heavy atom. The number of ether oxygens (including phenoxy) is 1. The Morgan fingerprint density at radius 3 is 2.65 bits per heavy atom. The third-order valence-corrected chi connectivity index (χ3v) is 5.04. The first-order valence-electron chi connectivity index (χ1n) is 8.73. The molecule has 124 valence electrons. The number of Topliss-reactive ketones (excluding diaryl/α,β-unsaturated/α-hetero) is 1. The van der Waals surface area contributed by atoms with Crippen molar-refractivity contribution in [3.05, 3.63) is 40.7 Å². The highest BCUT2D eigenvalue weighted by Crippen LogP contribution is 2.45. The molecule has 0 saturated heterocycles. The fraction of sp³-hybridized carbons (Fsp3) is 0.550. The molecular formula is C20H25FO2. The van der Waals surface area contributed by atoms with E-state index in [1.54, 1.807) is 6.07 Å². The van der Waals surface area contributed by atoms with E-state index in [2.05, 4.69) is 13.0 Å². The van der Waals surface area contributed by atoms with E-state index in [4.69, 9.17) is 4.74 Å². The van der Waals surface area contributed by atoms with Crippen LogP contribution in [0.3, 0.4) is 0 Å². The molecule has 0 radical (unpaired) electrons. The van der Waals surface area contributed by atoms with Gasteiger partial charge in [-0.25, -0.2) is 4.39 Å². The summed E-state index contributed by atoms with van der Waals surface area (Å²) in [6, 6.07) is 3.13. The van der Waals surface area contributed by atoms with Crippen LogP contribution in [-0.4, -0.2) is 12.4 Å². The zero-order valence-corrected chi connectivity index (χ0v) is 14.0. The molecule has 1 atom stereocenters. The lowest BCUT2D eigenvalue weighted by atomic mass is 9.89. The average molecular weight is 316 g/mol. The molecule has 2 aliphatic rings. The molecular weight excluding hydrogens is 291 g/mol. The fourth-order valence-electron chi connectivity index (χ4n) is 3.30. The minimum absolute atomic E-state index is 0.187. The Labute approximate surface area is 137 Å². The minimum atomic E-state index is -0.464. The lowest BCUT2D eigenvalue weighted by Gasteiger charge is -2.22. The molecule has 0 heterocycles. The molecule has 0 spiro atoms. The monoisotopic (exact) mass is 316 g/mol. The van der Waals surface area contributed by atoms with Crippen molar-refractivity contribution in [2.24, 2.45) is 5.92 Å². The standard InChI is InChI=1S/C20H25FO2/c1-3-14-4-6-15(7-5-14)12-23-20-11-19(21)17(13(2)22)10-18(20)16-8-9-16/h4,10-11,15-16H,3,5-9,12H2,1-2H3. The molecule has 23 heavy (non-hydrogen) atoms. The highest BCUT2D eigenvalue weighted by molar-refractivity contribution is 5.94. The van der Waals surface area contributed by atoms with E-state index in [-0.39, 0.29) is 11.3 Å². The summed E-state index contributed by atoms with van der Waals surface area (Å²) >= 11 is 0. The van der Waals surface area contributed by atoms with Gasteiger partial charge in [-0.3, -0.25) is 4.79 Å². The lowest BCUT2D eigenvalue weighted by Crippen LogP contribution is -2.15. The van der Waals surface area contributed by atoms with Gasteiger partial charge in [0, 0.05) is 6.07 Å². The van der Waals surface area contributed by atoms with Crippen molar-refractivity contribution >= 4 is 5.78 Å². The normalized spacial score (nSPS) is 21.0. The largest absolute Gasteiger partial charge is 0.493 e. The third-order valence-electron chi connectivity index (χ3n) is 5.04. The van der Waals surface area contributed by atoms with Crippen LogP contribution in [0, 0.1) is 11.7 Å². The Kier molecular flexibility index (Phi) is 4.84. The van der Waals surface area contributed by atoms with E-state index in [1.165, 1.54) is 18.6 Å². The Balaban J connectivity index is 1.71. The Bertz CT molecular complexity index is 629. The van der Waals surface area contributed by atoms with Crippen molar-refractivity contribution in [2.75, 3.05) is 6.61 Å². The maximum Gasteiger partial charge on any atom is 0.162 e. The number of carbonyl (C=O) groups is 1. The molecule has 0 aromatic heterocycles. The van der Waals surface area contributed by atoms with E-state index in [0.717, 1.165) is 44.1 Å². The van der Waals surface area contributed by atoms with Crippen LogP contribution in [0.2, 0.25) is 0 Å². The molecule has 1 saturated carbocycles. The topological polar surface area (TPSA) is 26.3 Å². The Morgan fingerprint density at radius 2 is 2.09 bits per heavy atom. The summed E-state index contributed by atoms with van der Waals surface area (Å²) < 4.78 is 20.1. The van der Waals surface area contributed by atoms with Crippen molar-refractivity contribution in [1.29, 1.82) is 0 Å². The van der Waals surface area contributed by atoms with Crippen LogP contribution in [-0.2, 0) is 0 Å². The van der Waals surface area contributed by atoms with Crippen molar-refractivity contribution in [2.45, 2.75) is 58.3 Å². The quantitative estimate of drug-likeness (QED) is 0.517. The van der Waals surface area contributed by atoms with Crippen LogP contribution in [0.25, 0.3) is 0 Å². The van der Waals surface area contributed by atoms with E-state index in [9.17, 15) is 9.18 Å². The van der Waals surface area contributed by atoms with Gasteiger partial charge in [0.05, 0.1) is 12.2 Å². The van der Waals surface area contributed by atoms with E-state index >= 15 is 0 Å². The summed E-state index contributed by atoms with van der Waals surface area (Å²) in [6.45, 7) is 4.24. The maximum absolute atomic E-state index is 14.1. The summed E-state index contributed by atoms with van der Waals surface area (Å²) in [5, 5.41) is 0. The number of ketones is 1. The fourth-order valence-corrected chi connectivity index (χ4v) is 3.30. The molecule has 3 heteroatoms. The van der Waals surface area contributed by atoms with Gasteiger partial charge >= 0.3 is 0 Å². The minimum Gasteiger partial charge on any atom is -0.493 e. The first kappa shape index (κ1) is 16.2. The number of allylic oxidation sites excluding steroid dienone is 2. The smallest absolute Gasteiger partial charge is 0.162 e. The molecule has 0 aliphatic heterocycles. The predicted molar refractivity (Wildman–Crippen MR) is 89.6 cm³/mol. The van der Waals surface area contributed by atoms with Crippen molar-refractivity contribution in [1.82, 2.24) is 0 Å². The molecule has 0 amide bonds. The maximum atomic E-state index is 14.1. The van der Waals surface area contributed by atoms with Crippen LogP contribution in [0.15, 0.2) is 23.8 Å². The molecule has 1 aromatic rings. The van der Waals surface area contributed by atoms with Crippen LogP contribution in [0.4, 0.5) is 4.39 Å². The van der Waals surface area contributed by atoms with Gasteiger partial charge in [-0.1, -0.05) is 18.6 Å². The van der Waals surface area contributed by atoms with Crippen LogP contribution in [0.1, 0.15) is 74.2 Å². The Hall–Kier alpha value is -1.64. The molecule has 1 fully saturated rings. The summed E-state index contributed by atoms with van der Waals surface area (Å²) in [6.07, 6.45) is 9.02. The van der Waals surface area contributed by atoms with Gasteiger partial charge in [0.15, 0.2) is 5.78 Å². The number of carbonyl (C=O) groups excluding carboxylic acids is 1. The van der Waals surface area contributed by atoms with Gasteiger partial charge in [0.25, 0.3) is 0 Å². The van der Waals surface area contributed by atoms with Crippen molar-refractivity contribution in [3.8, 4) is 5.75 Å². The van der Waals surface area contributed by atoms with Gasteiger partial charge in [0.2, 0.25) is 0 Å². The highest BCUT2D eigenvalue weighted by atomic mass is 19.1. The van der Waals surface area contributed by atoms with Gasteiger partial charge in [-0.15, -0.1) is 0 Å². The highest BCUT2D eigenvalue weighted by Gasteiger charge is 2.29. The molecule has 2 nitrogen and oxygen atoms in total. The first-order valence-corrected chi connectivity index (χ1v) is 8.73. The van der Waals surface area contributed by atoms with Crippen LogP contribution >= 0.6 is 0 Å². The number of hydrogen-bond donors (Lipinski definition) is 0. The molecule has 0 N–H and O–H groups in total. The zero-order chi connectivity index (χ0) is 16.4. The molecule has 1 aromatic carbocycles. The van der Waals surface area contributed by atoms with Crippen LogP contribution in [0.5, 0.6) is 5.75 Å². The van der Waals surface area contributed by atoms with Crippen molar-refractivity contribution in [3.63, 3.8) is 0 Å². The first-order chi connectivity index (χ1) is 11.1. The molecule has 1 unspecified atom stereocenters. The van der Waals surface area contributed by atoms with Gasteiger partial charge in [0.1, 0.15) is 11.6 Å². The second-order valence-corrected chi connectivity index (χ2v) is 6.87. The van der Waals surface area contributed by atoms with Gasteiger partial charge in [-0.2, -0.15) is 0 Å². The summed E-state index contributed by atoms with van der Waals surface area (Å²) in [5.74, 6) is 0.893. The lowest BCUT2D eigenvalue weighted by molar-refractivity contribution is 0.101. The summed E-state index contributed by atoms with van der Waals surface area (Å²) in [5.41, 5.74) is 2.74. The zero-order valence-electron chi connectivity index (χ0n) is 14.0. The average Bonchev–Trinajstić information content (AvgIpc) is 3.38. The van der Waals surface area contributed by atoms with Gasteiger partial charge < -0.3 is 4.74 Å². The van der Waals surface area contributed by atoms with Crippen LogP contribution < -0.4 is 4.74 Å². The second-order valence-electron chi connectivity index (χ2n) is 6.87.